The molecule has 0 heterocycles. The van der Waals surface area contributed by atoms with Crippen molar-refractivity contribution in [1.82, 2.24) is 0 Å². The Kier molecular flexibility index (Phi) is 5.18. The molecule has 0 aliphatic rings. The summed E-state index contributed by atoms with van der Waals surface area (Å²) in [6, 6.07) is 2.66. The van der Waals surface area contributed by atoms with Crippen LogP contribution in [0, 0.1) is 10.1 Å². The fourth-order valence-electron chi connectivity index (χ4n) is 0.813. The van der Waals surface area contributed by atoms with Gasteiger partial charge in [0.1, 0.15) is 4.90 Å². The van der Waals surface area contributed by atoms with E-state index in [-0.39, 0.29) is 40.3 Å². The molecule has 0 radical (unpaired) electrons. The first kappa shape index (κ1) is 14.8. The summed E-state index contributed by atoms with van der Waals surface area (Å²) >= 11 is 5.41. The molecule has 0 unspecified atom stereocenters. The maximum absolute atomic E-state index is 10.6. The normalized spacial score (nSPS) is 10.5. The zero-order valence-electron chi connectivity index (χ0n) is 6.55. The fraction of sp³-hybridized carbons (Fsp3) is 0. The minimum absolute atomic E-state index is 0. The van der Waals surface area contributed by atoms with Crippen LogP contribution in [0.5, 0.6) is 0 Å². The van der Waals surface area contributed by atoms with E-state index >= 15 is 0 Å². The van der Waals surface area contributed by atoms with Gasteiger partial charge in [0.25, 0.3) is 15.8 Å². The third kappa shape index (κ3) is 3.71. The summed E-state index contributed by atoms with van der Waals surface area (Å²) in [5.74, 6) is 0. The number of benzene rings is 1. The molecular weight excluding hydrogens is 257 g/mol. The molecule has 0 atom stereocenters. The van der Waals surface area contributed by atoms with E-state index in [0.717, 1.165) is 18.2 Å². The number of hydrogen-bond acceptors (Lipinski definition) is 4. The van der Waals surface area contributed by atoms with Crippen LogP contribution in [0.2, 0.25) is 5.02 Å². The molecule has 0 spiro atoms. The van der Waals surface area contributed by atoms with Crippen molar-refractivity contribution in [2.75, 3.05) is 0 Å². The van der Waals surface area contributed by atoms with Crippen LogP contribution in [-0.2, 0) is 10.1 Å². The molecule has 9 heteroatoms. The van der Waals surface area contributed by atoms with Crippen molar-refractivity contribution in [1.29, 1.82) is 0 Å². The van der Waals surface area contributed by atoms with Crippen LogP contribution < -0.4 is 0 Å². The van der Waals surface area contributed by atoms with Crippen LogP contribution in [-0.4, -0.2) is 47.5 Å². The monoisotopic (exact) mass is 261 g/mol. The van der Waals surface area contributed by atoms with E-state index in [2.05, 4.69) is 0 Å². The second-order valence-corrected chi connectivity index (χ2v) is 4.14. The van der Waals surface area contributed by atoms with E-state index < -0.39 is 19.9 Å². The van der Waals surface area contributed by atoms with Gasteiger partial charge in [0, 0.05) is 12.1 Å². The van der Waals surface area contributed by atoms with E-state index in [1.807, 2.05) is 0 Å². The Morgan fingerprint density at radius 2 is 1.93 bits per heavy atom. The molecule has 0 bridgehead atoms. The van der Waals surface area contributed by atoms with E-state index in [1.54, 1.807) is 0 Å². The van der Waals surface area contributed by atoms with Crippen molar-refractivity contribution < 1.29 is 17.9 Å². The summed E-state index contributed by atoms with van der Waals surface area (Å²) in [5.41, 5.74) is -0.345. The molecule has 0 saturated heterocycles. The zero-order chi connectivity index (χ0) is 10.9. The molecule has 6 nitrogen and oxygen atoms in total. The molecule has 78 valence electrons. The maximum atomic E-state index is 10.6. The molecule has 1 aromatic rings. The summed E-state index contributed by atoms with van der Waals surface area (Å²) in [5, 5.41) is 9.86. The number of non-ortho nitro benzene ring substituents is 1. The van der Waals surface area contributed by atoms with Crippen molar-refractivity contribution in [2.24, 2.45) is 0 Å². The molecule has 0 aliphatic heterocycles. The molecule has 1 rings (SSSR count). The van der Waals surface area contributed by atoms with Crippen LogP contribution in [0.25, 0.3) is 0 Å². The van der Waals surface area contributed by atoms with Crippen molar-refractivity contribution in [3.05, 3.63) is 33.3 Å². The number of nitro benzene ring substituents is 1. The Bertz CT molecular complexity index is 488. The van der Waals surface area contributed by atoms with Crippen LogP contribution in [0.4, 0.5) is 5.69 Å². The quantitative estimate of drug-likeness (QED) is 0.368. The second-order valence-electron chi connectivity index (χ2n) is 2.35. The first-order chi connectivity index (χ1) is 6.32. The third-order valence-electron chi connectivity index (χ3n) is 1.40. The van der Waals surface area contributed by atoms with E-state index in [1.165, 1.54) is 0 Å². The van der Waals surface area contributed by atoms with Gasteiger partial charge < -0.3 is 0 Å². The van der Waals surface area contributed by atoms with Crippen molar-refractivity contribution in [3.8, 4) is 0 Å². The predicted molar refractivity (Wildman–Crippen MR) is 55.1 cm³/mol. The first-order valence-corrected chi connectivity index (χ1v) is 5.05. The van der Waals surface area contributed by atoms with Crippen LogP contribution in [0.15, 0.2) is 23.1 Å². The van der Waals surface area contributed by atoms with Crippen LogP contribution >= 0.6 is 11.6 Å². The number of halogens is 1. The number of nitrogens with zero attached hydrogens (tertiary/aromatic N) is 1. The van der Waals surface area contributed by atoms with Gasteiger partial charge in [-0.15, -0.1) is 0 Å². The predicted octanol–water partition coefficient (Wildman–Crippen LogP) is 0.846. The Labute approximate surface area is 112 Å². The van der Waals surface area contributed by atoms with E-state index in [4.69, 9.17) is 16.2 Å². The standard InChI is InChI=1S/C6H4ClNO5S.Na.H/c7-5-3-4(8(9)10)1-2-6(5)14(11,12)13;;/h1-3H,(H,11,12,13);;. The van der Waals surface area contributed by atoms with Gasteiger partial charge in [0.05, 0.1) is 9.95 Å². The molecule has 0 amide bonds. The molecule has 0 aromatic heterocycles. The number of nitro groups is 1. The van der Waals surface area contributed by atoms with Crippen LogP contribution in [0.3, 0.4) is 0 Å². The van der Waals surface area contributed by atoms with Crippen molar-refractivity contribution in [2.45, 2.75) is 4.90 Å². The SMILES string of the molecule is O=[N+]([O-])c1ccc(S(=O)(=O)O)c(Cl)c1.[NaH]. The summed E-state index contributed by atoms with van der Waals surface area (Å²) in [7, 11) is -4.43. The molecule has 0 fully saturated rings. The molecule has 0 aliphatic carbocycles. The Morgan fingerprint density at radius 3 is 2.27 bits per heavy atom. The molecule has 1 N–H and O–H groups in total. The van der Waals surface area contributed by atoms with Crippen molar-refractivity contribution in [3.63, 3.8) is 0 Å². The number of hydrogen-bond donors (Lipinski definition) is 1. The topological polar surface area (TPSA) is 97.5 Å². The van der Waals surface area contributed by atoms with Gasteiger partial charge in [-0.3, -0.25) is 14.7 Å². The summed E-state index contributed by atoms with van der Waals surface area (Å²) in [6.07, 6.45) is 0. The number of rotatable bonds is 2. The van der Waals surface area contributed by atoms with Crippen molar-refractivity contribution >= 4 is 57.0 Å². The third-order valence-corrected chi connectivity index (χ3v) is 2.74. The summed E-state index contributed by atoms with van der Waals surface area (Å²) in [6.45, 7) is 0. The average molecular weight is 262 g/mol. The Balaban J connectivity index is 0.00000196. The van der Waals surface area contributed by atoms with Gasteiger partial charge in [-0.2, -0.15) is 8.42 Å². The van der Waals surface area contributed by atoms with Gasteiger partial charge in [0.2, 0.25) is 0 Å². The van der Waals surface area contributed by atoms with E-state index in [9.17, 15) is 18.5 Å². The summed E-state index contributed by atoms with van der Waals surface area (Å²) < 4.78 is 29.9. The Hall–Kier alpha value is -0.180. The Morgan fingerprint density at radius 1 is 1.40 bits per heavy atom. The second kappa shape index (κ2) is 5.24. The molecule has 0 saturated carbocycles. The van der Waals surface area contributed by atoms with Gasteiger partial charge in [-0.1, -0.05) is 11.6 Å². The van der Waals surface area contributed by atoms with Gasteiger partial charge >= 0.3 is 29.6 Å². The molecule has 15 heavy (non-hydrogen) atoms. The van der Waals surface area contributed by atoms with E-state index in [0.29, 0.717) is 0 Å². The molecular formula is C6H5ClNNaO5S. The first-order valence-electron chi connectivity index (χ1n) is 3.24. The molecule has 1 aromatic carbocycles. The zero-order valence-corrected chi connectivity index (χ0v) is 8.12. The average Bonchev–Trinajstić information content (AvgIpc) is 2.01. The van der Waals surface area contributed by atoms with Crippen LogP contribution in [0.1, 0.15) is 0 Å². The fourth-order valence-corrected chi connectivity index (χ4v) is 1.83. The van der Waals surface area contributed by atoms with Gasteiger partial charge in [0.15, 0.2) is 0 Å². The summed E-state index contributed by atoms with van der Waals surface area (Å²) in [4.78, 5) is 8.98. The minimum atomic E-state index is -4.43. The van der Waals surface area contributed by atoms with Gasteiger partial charge in [-0.05, 0) is 6.07 Å². The van der Waals surface area contributed by atoms with Gasteiger partial charge in [-0.25, -0.2) is 0 Å².